The van der Waals surface area contributed by atoms with Crippen molar-refractivity contribution in [1.29, 1.82) is 0 Å². The Bertz CT molecular complexity index is 934. The summed E-state index contributed by atoms with van der Waals surface area (Å²) in [7, 11) is 1.62. The van der Waals surface area contributed by atoms with Crippen LogP contribution in [0, 0.1) is 0 Å². The number of carbonyl (C=O) groups is 2. The highest BCUT2D eigenvalue weighted by Gasteiger charge is 2.19. The largest absolute Gasteiger partial charge is 0.497 e. The van der Waals surface area contributed by atoms with E-state index in [4.69, 9.17) is 14.9 Å². The van der Waals surface area contributed by atoms with Crippen LogP contribution in [-0.4, -0.2) is 24.7 Å². The van der Waals surface area contributed by atoms with Gasteiger partial charge in [0.2, 0.25) is 11.7 Å². The molecule has 0 atom stereocenters. The number of methoxy groups -OCH3 is 1. The Morgan fingerprint density at radius 1 is 1.15 bits per heavy atom. The molecule has 2 aromatic carbocycles. The Morgan fingerprint density at radius 3 is 2.58 bits per heavy atom. The molecular weight excluding hydrogens is 352 g/mol. The van der Waals surface area contributed by atoms with Gasteiger partial charge in [0.25, 0.3) is 5.91 Å². The molecule has 134 valence electrons. The monoisotopic (exact) mass is 370 g/mol. The highest BCUT2D eigenvalue weighted by molar-refractivity contribution is 7.99. The van der Waals surface area contributed by atoms with Gasteiger partial charge < -0.3 is 20.2 Å². The fraction of sp³-hybridized carbons (Fsp3) is 0.158. The first-order chi connectivity index (χ1) is 12.6. The summed E-state index contributed by atoms with van der Waals surface area (Å²) in [6, 6.07) is 14.7. The molecule has 2 amide bonds. The molecule has 26 heavy (non-hydrogen) atoms. The predicted octanol–water partition coefficient (Wildman–Crippen LogP) is 3.66. The van der Waals surface area contributed by atoms with E-state index in [-0.39, 0.29) is 18.1 Å². The van der Waals surface area contributed by atoms with E-state index in [0.717, 1.165) is 10.6 Å². The molecule has 0 radical (unpaired) electrons. The van der Waals surface area contributed by atoms with Gasteiger partial charge in [-0.1, -0.05) is 12.1 Å². The van der Waals surface area contributed by atoms with Crippen molar-refractivity contribution in [2.75, 3.05) is 18.2 Å². The van der Waals surface area contributed by atoms with E-state index >= 15 is 0 Å². The number of para-hydroxylation sites is 1. The minimum absolute atomic E-state index is 0.0395. The second-order valence-corrected chi connectivity index (χ2v) is 6.66. The number of nitrogens with two attached hydrogens (primary N) is 1. The molecule has 7 heteroatoms. The number of ether oxygens (including phenoxy) is 1. The standard InChI is InChI=1S/C19H18N2O4S/c1-24-12-6-8-13(9-7-12)26-11-10-16(22)21-17-14-4-2-3-5-15(14)25-18(17)19(20)23/h2-9H,10-11H2,1H3,(H2,20,23)(H,21,22). The Kier molecular flexibility index (Phi) is 5.48. The SMILES string of the molecule is COc1ccc(SCCC(=O)Nc2c(C(N)=O)oc3ccccc23)cc1. The van der Waals surface area contributed by atoms with Crippen molar-refractivity contribution in [2.24, 2.45) is 5.73 Å². The summed E-state index contributed by atoms with van der Waals surface area (Å²) in [4.78, 5) is 24.9. The highest BCUT2D eigenvalue weighted by atomic mass is 32.2. The van der Waals surface area contributed by atoms with Crippen molar-refractivity contribution >= 4 is 40.2 Å². The number of rotatable bonds is 7. The molecular formula is C19H18N2O4S. The molecule has 0 aliphatic rings. The summed E-state index contributed by atoms with van der Waals surface area (Å²) in [5.74, 6) is 0.421. The average Bonchev–Trinajstić information content (AvgIpc) is 3.01. The van der Waals surface area contributed by atoms with E-state index < -0.39 is 5.91 Å². The molecule has 1 aromatic heterocycles. The number of anilines is 1. The molecule has 3 rings (SSSR count). The lowest BCUT2D eigenvalue weighted by Gasteiger charge is -2.06. The first-order valence-electron chi connectivity index (χ1n) is 7.96. The van der Waals surface area contributed by atoms with Gasteiger partial charge in [-0.05, 0) is 36.4 Å². The van der Waals surface area contributed by atoms with Gasteiger partial charge in [-0.15, -0.1) is 11.8 Å². The van der Waals surface area contributed by atoms with Crippen molar-refractivity contribution in [2.45, 2.75) is 11.3 Å². The number of benzene rings is 2. The number of primary amides is 1. The van der Waals surface area contributed by atoms with Gasteiger partial charge in [0.05, 0.1) is 7.11 Å². The molecule has 0 unspecified atom stereocenters. The zero-order valence-electron chi connectivity index (χ0n) is 14.2. The Morgan fingerprint density at radius 2 is 1.88 bits per heavy atom. The molecule has 0 aliphatic heterocycles. The molecule has 0 bridgehead atoms. The van der Waals surface area contributed by atoms with Crippen LogP contribution in [0.5, 0.6) is 5.75 Å². The highest BCUT2D eigenvalue weighted by Crippen LogP contribution is 2.31. The third kappa shape index (κ3) is 4.00. The first-order valence-corrected chi connectivity index (χ1v) is 8.95. The molecule has 6 nitrogen and oxygen atoms in total. The topological polar surface area (TPSA) is 94.6 Å². The van der Waals surface area contributed by atoms with E-state index in [2.05, 4.69) is 5.32 Å². The summed E-state index contributed by atoms with van der Waals surface area (Å²) in [5, 5.41) is 3.40. The third-order valence-electron chi connectivity index (χ3n) is 3.74. The van der Waals surface area contributed by atoms with Crippen LogP contribution >= 0.6 is 11.8 Å². The zero-order chi connectivity index (χ0) is 18.5. The van der Waals surface area contributed by atoms with Crippen LogP contribution in [0.2, 0.25) is 0 Å². The molecule has 0 saturated carbocycles. The number of fused-ring (bicyclic) bond motifs is 1. The van der Waals surface area contributed by atoms with Gasteiger partial charge >= 0.3 is 0 Å². The van der Waals surface area contributed by atoms with E-state index in [1.54, 1.807) is 43.1 Å². The number of nitrogens with one attached hydrogen (secondary N) is 1. The predicted molar refractivity (Wildman–Crippen MR) is 102 cm³/mol. The van der Waals surface area contributed by atoms with Crippen molar-refractivity contribution in [1.82, 2.24) is 0 Å². The van der Waals surface area contributed by atoms with Crippen LogP contribution in [0.4, 0.5) is 5.69 Å². The van der Waals surface area contributed by atoms with Crippen molar-refractivity contribution in [3.8, 4) is 5.75 Å². The van der Waals surface area contributed by atoms with Crippen LogP contribution in [0.15, 0.2) is 57.8 Å². The number of amides is 2. The molecule has 0 fully saturated rings. The fourth-order valence-corrected chi connectivity index (χ4v) is 3.33. The van der Waals surface area contributed by atoms with Crippen LogP contribution in [-0.2, 0) is 4.79 Å². The van der Waals surface area contributed by atoms with E-state index in [1.807, 2.05) is 24.3 Å². The Labute approximate surface area is 154 Å². The first kappa shape index (κ1) is 17.9. The molecule has 3 aromatic rings. The maximum Gasteiger partial charge on any atom is 0.286 e. The lowest BCUT2D eigenvalue weighted by Crippen LogP contribution is -2.17. The van der Waals surface area contributed by atoms with Crippen LogP contribution in [0.25, 0.3) is 11.0 Å². The molecule has 3 N–H and O–H groups in total. The van der Waals surface area contributed by atoms with Crippen LogP contribution in [0.3, 0.4) is 0 Å². The van der Waals surface area contributed by atoms with E-state index in [9.17, 15) is 9.59 Å². The summed E-state index contributed by atoms with van der Waals surface area (Å²) < 4.78 is 10.6. The van der Waals surface area contributed by atoms with Crippen molar-refractivity contribution in [3.05, 3.63) is 54.3 Å². The number of carbonyl (C=O) groups excluding carboxylic acids is 2. The number of hydrogen-bond donors (Lipinski definition) is 2. The molecule has 0 aliphatic carbocycles. The van der Waals surface area contributed by atoms with Crippen molar-refractivity contribution in [3.63, 3.8) is 0 Å². The van der Waals surface area contributed by atoms with Gasteiger partial charge in [-0.2, -0.15) is 0 Å². The second kappa shape index (κ2) is 7.97. The summed E-state index contributed by atoms with van der Waals surface area (Å²) >= 11 is 1.56. The minimum atomic E-state index is -0.718. The third-order valence-corrected chi connectivity index (χ3v) is 4.75. The van der Waals surface area contributed by atoms with Gasteiger partial charge in [-0.3, -0.25) is 9.59 Å². The zero-order valence-corrected chi connectivity index (χ0v) is 15.0. The smallest absolute Gasteiger partial charge is 0.286 e. The maximum atomic E-state index is 12.3. The van der Waals surface area contributed by atoms with Gasteiger partial charge in [0.1, 0.15) is 17.0 Å². The van der Waals surface area contributed by atoms with Crippen LogP contribution in [0.1, 0.15) is 17.0 Å². The van der Waals surface area contributed by atoms with Crippen LogP contribution < -0.4 is 15.8 Å². The Hall–Kier alpha value is -2.93. The lowest BCUT2D eigenvalue weighted by molar-refractivity contribution is -0.115. The molecule has 0 spiro atoms. The fourth-order valence-electron chi connectivity index (χ4n) is 2.48. The van der Waals surface area contributed by atoms with E-state index in [0.29, 0.717) is 22.4 Å². The number of hydrogen-bond acceptors (Lipinski definition) is 5. The molecule has 1 heterocycles. The summed E-state index contributed by atoms with van der Waals surface area (Å²) in [6.45, 7) is 0. The quantitative estimate of drug-likeness (QED) is 0.619. The maximum absolute atomic E-state index is 12.3. The number of furan rings is 1. The normalized spacial score (nSPS) is 10.7. The van der Waals surface area contributed by atoms with E-state index in [1.165, 1.54) is 0 Å². The average molecular weight is 370 g/mol. The molecule has 0 saturated heterocycles. The Balaban J connectivity index is 1.63. The minimum Gasteiger partial charge on any atom is -0.497 e. The van der Waals surface area contributed by atoms with Gasteiger partial charge in [0, 0.05) is 22.5 Å². The lowest BCUT2D eigenvalue weighted by atomic mass is 10.2. The summed E-state index contributed by atoms with van der Waals surface area (Å²) in [5.41, 5.74) is 6.19. The van der Waals surface area contributed by atoms with Gasteiger partial charge in [0.15, 0.2) is 0 Å². The number of thioether (sulfide) groups is 1. The summed E-state index contributed by atoms with van der Waals surface area (Å²) in [6.07, 6.45) is 0.286. The van der Waals surface area contributed by atoms with Crippen molar-refractivity contribution < 1.29 is 18.7 Å². The second-order valence-electron chi connectivity index (χ2n) is 5.49. The van der Waals surface area contributed by atoms with Gasteiger partial charge in [-0.25, -0.2) is 0 Å².